The molecule has 40 heavy (non-hydrogen) atoms. The van der Waals surface area contributed by atoms with E-state index in [9.17, 15) is 22.2 Å². The van der Waals surface area contributed by atoms with Crippen LogP contribution in [0.25, 0.3) is 6.08 Å². The molecule has 214 valence electrons. The molecule has 10 heteroatoms. The number of alkyl halides is 3. The standard InChI is InChI=1S/C30H33F3N2O4S/c31-30(32,33)23-13-11-22(12-14-23)8-5-3-1-2-4-6-19-39-28-17-15-25(35-27(28)16-18-29(36)37)21-40(38)26-10-7-9-24(34)20-26/h7,9-18,20H,1-6,8,19,21,34H2,(H,36,37)/b18-16+. The summed E-state index contributed by atoms with van der Waals surface area (Å²) >= 11 is 0. The monoisotopic (exact) mass is 574 g/mol. The summed E-state index contributed by atoms with van der Waals surface area (Å²) in [5.41, 5.74) is 7.47. The molecule has 3 aromatic rings. The van der Waals surface area contributed by atoms with Gasteiger partial charge < -0.3 is 15.6 Å². The van der Waals surface area contributed by atoms with Crippen LogP contribution in [0.2, 0.25) is 0 Å². The van der Waals surface area contributed by atoms with Crippen molar-refractivity contribution in [2.24, 2.45) is 0 Å². The Bertz CT molecular complexity index is 1310. The van der Waals surface area contributed by atoms with Crippen LogP contribution in [0.3, 0.4) is 0 Å². The van der Waals surface area contributed by atoms with E-state index in [0.717, 1.165) is 68.7 Å². The van der Waals surface area contributed by atoms with Crippen molar-refractivity contribution >= 4 is 28.5 Å². The van der Waals surface area contributed by atoms with Gasteiger partial charge in [0.25, 0.3) is 0 Å². The third-order valence-corrected chi connectivity index (χ3v) is 7.46. The van der Waals surface area contributed by atoms with Gasteiger partial charge in [0.1, 0.15) is 11.4 Å². The molecule has 0 fully saturated rings. The van der Waals surface area contributed by atoms with E-state index >= 15 is 0 Å². The minimum atomic E-state index is -4.31. The van der Waals surface area contributed by atoms with Gasteiger partial charge >= 0.3 is 12.1 Å². The fraction of sp³-hybridized carbons (Fsp3) is 0.333. The van der Waals surface area contributed by atoms with Crippen LogP contribution in [-0.2, 0) is 33.9 Å². The number of carboxylic acid groups (broad SMARTS) is 1. The number of nitrogens with zero attached hydrogens (tertiary/aromatic N) is 1. The number of ether oxygens (including phenoxy) is 1. The lowest BCUT2D eigenvalue weighted by molar-refractivity contribution is -0.137. The molecule has 0 aliphatic carbocycles. The van der Waals surface area contributed by atoms with Gasteiger partial charge in [0.15, 0.2) is 0 Å². The van der Waals surface area contributed by atoms with Crippen LogP contribution in [0, 0.1) is 0 Å². The minimum absolute atomic E-state index is 0.149. The van der Waals surface area contributed by atoms with Gasteiger partial charge in [-0.1, -0.05) is 43.9 Å². The van der Waals surface area contributed by atoms with E-state index in [1.54, 1.807) is 48.5 Å². The number of hydrogen-bond donors (Lipinski definition) is 2. The summed E-state index contributed by atoms with van der Waals surface area (Å²) in [4.78, 5) is 16.1. The first-order valence-corrected chi connectivity index (χ1v) is 14.4. The SMILES string of the molecule is Nc1cccc(S(=O)Cc2ccc(OCCCCCCCCc3ccc(C(F)(F)F)cc3)c(/C=C/C(=O)O)n2)c1. The van der Waals surface area contributed by atoms with Gasteiger partial charge in [-0.25, -0.2) is 9.78 Å². The van der Waals surface area contributed by atoms with E-state index in [4.69, 9.17) is 15.6 Å². The topological polar surface area (TPSA) is 103 Å². The number of nitrogens with two attached hydrogens (primary N) is 1. The van der Waals surface area contributed by atoms with Crippen molar-refractivity contribution in [1.29, 1.82) is 0 Å². The van der Waals surface area contributed by atoms with Crippen molar-refractivity contribution in [3.8, 4) is 5.75 Å². The molecule has 0 aliphatic heterocycles. The molecule has 0 aliphatic rings. The maximum absolute atomic E-state index is 12.7. The number of aliphatic carboxylic acids is 1. The Morgan fingerprint density at radius 3 is 2.35 bits per heavy atom. The summed E-state index contributed by atoms with van der Waals surface area (Å²) in [6, 6.07) is 15.6. The number of pyridine rings is 1. The highest BCUT2D eigenvalue weighted by Gasteiger charge is 2.29. The number of nitrogen functional groups attached to an aromatic ring is 1. The lowest BCUT2D eigenvalue weighted by Gasteiger charge is -2.11. The van der Waals surface area contributed by atoms with Gasteiger partial charge in [-0.2, -0.15) is 13.2 Å². The zero-order valence-electron chi connectivity index (χ0n) is 22.0. The van der Waals surface area contributed by atoms with Gasteiger partial charge in [0.2, 0.25) is 0 Å². The molecule has 6 nitrogen and oxygen atoms in total. The number of carboxylic acids is 1. The van der Waals surface area contributed by atoms with Crippen molar-refractivity contribution in [3.63, 3.8) is 0 Å². The van der Waals surface area contributed by atoms with E-state index in [1.165, 1.54) is 6.08 Å². The Balaban J connectivity index is 1.41. The van der Waals surface area contributed by atoms with Gasteiger partial charge in [0, 0.05) is 16.7 Å². The fourth-order valence-corrected chi connectivity index (χ4v) is 5.12. The molecule has 0 spiro atoms. The summed E-state index contributed by atoms with van der Waals surface area (Å²) in [5, 5.41) is 9.04. The highest BCUT2D eigenvalue weighted by Crippen LogP contribution is 2.29. The zero-order valence-corrected chi connectivity index (χ0v) is 22.8. The lowest BCUT2D eigenvalue weighted by atomic mass is 10.0. The minimum Gasteiger partial charge on any atom is -0.491 e. The number of halogens is 3. The average Bonchev–Trinajstić information content (AvgIpc) is 2.91. The van der Waals surface area contributed by atoms with Gasteiger partial charge in [0.05, 0.1) is 34.4 Å². The molecule has 2 aromatic carbocycles. The fourth-order valence-electron chi connectivity index (χ4n) is 4.03. The zero-order chi connectivity index (χ0) is 29.0. The summed E-state index contributed by atoms with van der Waals surface area (Å²) in [5.74, 6) is -0.511. The van der Waals surface area contributed by atoms with Crippen LogP contribution in [0.5, 0.6) is 5.75 Å². The van der Waals surface area contributed by atoms with Crippen molar-refractivity contribution < 1.29 is 32.0 Å². The Hall–Kier alpha value is -3.66. The Morgan fingerprint density at radius 2 is 1.68 bits per heavy atom. The number of aromatic nitrogens is 1. The van der Waals surface area contributed by atoms with Crippen molar-refractivity contribution in [2.75, 3.05) is 12.3 Å². The van der Waals surface area contributed by atoms with Gasteiger partial charge in [-0.15, -0.1) is 0 Å². The number of anilines is 1. The van der Waals surface area contributed by atoms with Crippen molar-refractivity contribution in [3.05, 3.63) is 89.3 Å². The second-order valence-electron chi connectivity index (χ2n) is 9.33. The normalized spacial score (nSPS) is 12.5. The smallest absolute Gasteiger partial charge is 0.416 e. The summed E-state index contributed by atoms with van der Waals surface area (Å²) < 4.78 is 56.5. The molecule has 0 saturated carbocycles. The number of benzene rings is 2. The number of unbranched alkanes of at least 4 members (excludes halogenated alkanes) is 5. The number of hydrogen-bond acceptors (Lipinski definition) is 5. The molecule has 3 N–H and O–H groups in total. The Morgan fingerprint density at radius 1 is 0.975 bits per heavy atom. The predicted molar refractivity (Wildman–Crippen MR) is 150 cm³/mol. The summed E-state index contributed by atoms with van der Waals surface area (Å²) in [7, 11) is -1.36. The third-order valence-electron chi connectivity index (χ3n) is 6.13. The highest BCUT2D eigenvalue weighted by atomic mass is 32.2. The summed E-state index contributed by atoms with van der Waals surface area (Å²) in [6.07, 6.45) is 4.49. The van der Waals surface area contributed by atoms with E-state index in [-0.39, 0.29) is 5.75 Å². The second kappa shape index (κ2) is 15.2. The predicted octanol–water partition coefficient (Wildman–Crippen LogP) is 7.05. The van der Waals surface area contributed by atoms with Crippen LogP contribution in [-0.4, -0.2) is 26.9 Å². The lowest BCUT2D eigenvalue weighted by Crippen LogP contribution is -2.04. The summed E-state index contributed by atoms with van der Waals surface area (Å²) in [6.45, 7) is 0.440. The van der Waals surface area contributed by atoms with Crippen molar-refractivity contribution in [1.82, 2.24) is 4.98 Å². The van der Waals surface area contributed by atoms with Gasteiger partial charge in [-0.3, -0.25) is 4.21 Å². The Labute approximate surface area is 234 Å². The second-order valence-corrected chi connectivity index (χ2v) is 10.8. The third kappa shape index (κ3) is 10.5. The molecule has 1 heterocycles. The molecule has 1 aromatic heterocycles. The molecule has 0 saturated heterocycles. The van der Waals surface area contributed by atoms with E-state index in [1.807, 2.05) is 0 Å². The van der Waals surface area contributed by atoms with E-state index in [0.29, 0.717) is 34.3 Å². The quantitative estimate of drug-likeness (QED) is 0.115. The van der Waals surface area contributed by atoms with Crippen LogP contribution < -0.4 is 10.5 Å². The largest absolute Gasteiger partial charge is 0.491 e. The average molecular weight is 575 g/mol. The number of aryl methyl sites for hydroxylation is 1. The molecule has 0 bridgehead atoms. The molecular formula is C30H33F3N2O4S. The Kier molecular flexibility index (Phi) is 11.7. The van der Waals surface area contributed by atoms with E-state index < -0.39 is 28.5 Å². The maximum atomic E-state index is 12.7. The van der Waals surface area contributed by atoms with Crippen LogP contribution in [0.15, 0.2) is 71.6 Å². The van der Waals surface area contributed by atoms with Crippen LogP contribution in [0.4, 0.5) is 18.9 Å². The van der Waals surface area contributed by atoms with E-state index in [2.05, 4.69) is 4.98 Å². The maximum Gasteiger partial charge on any atom is 0.416 e. The first-order chi connectivity index (χ1) is 19.1. The van der Waals surface area contributed by atoms with Gasteiger partial charge in [-0.05, 0) is 73.4 Å². The molecule has 1 atom stereocenters. The molecule has 0 amide bonds. The number of carbonyl (C=O) groups is 1. The van der Waals surface area contributed by atoms with Crippen LogP contribution >= 0.6 is 0 Å². The molecule has 3 rings (SSSR count). The molecule has 1 unspecified atom stereocenters. The highest BCUT2D eigenvalue weighted by molar-refractivity contribution is 7.84. The molecular weight excluding hydrogens is 541 g/mol. The first kappa shape index (κ1) is 30.9. The number of rotatable bonds is 15. The molecule has 0 radical (unpaired) electrons. The first-order valence-electron chi connectivity index (χ1n) is 13.1. The van der Waals surface area contributed by atoms with Crippen LogP contribution in [0.1, 0.15) is 61.0 Å². The van der Waals surface area contributed by atoms with Crippen molar-refractivity contribution in [2.45, 2.75) is 61.8 Å².